The molecule has 0 aliphatic rings. The summed E-state index contributed by atoms with van der Waals surface area (Å²) in [5.41, 5.74) is 0.827. The topological polar surface area (TPSA) is 42.0 Å². The Morgan fingerprint density at radius 2 is 1.91 bits per heavy atom. The number of hydrogen-bond donors (Lipinski definition) is 1. The summed E-state index contributed by atoms with van der Waals surface area (Å²) in [6, 6.07) is 17.4. The minimum Gasteiger partial charge on any atom is -0.325 e. The Kier molecular flexibility index (Phi) is 4.61. The number of benzene rings is 2. The van der Waals surface area contributed by atoms with E-state index >= 15 is 0 Å². The van der Waals surface area contributed by atoms with Gasteiger partial charge in [-0.3, -0.25) is 4.79 Å². The van der Waals surface area contributed by atoms with Crippen molar-refractivity contribution < 1.29 is 4.79 Å². The number of halogens is 1. The zero-order chi connectivity index (χ0) is 15.4. The molecule has 1 heterocycles. The van der Waals surface area contributed by atoms with Crippen molar-refractivity contribution in [2.24, 2.45) is 0 Å². The van der Waals surface area contributed by atoms with Gasteiger partial charge in [0.25, 0.3) is 0 Å². The first-order valence-electron chi connectivity index (χ1n) is 6.74. The maximum absolute atomic E-state index is 12.1. The summed E-state index contributed by atoms with van der Waals surface area (Å²) in [6.45, 7) is 0. The molecule has 0 saturated heterocycles. The number of pyridine rings is 1. The van der Waals surface area contributed by atoms with Gasteiger partial charge in [-0.2, -0.15) is 0 Å². The summed E-state index contributed by atoms with van der Waals surface area (Å²) in [4.78, 5) is 16.3. The van der Waals surface area contributed by atoms with Crippen LogP contribution >= 0.6 is 23.4 Å². The number of nitrogens with zero attached hydrogens (tertiary/aromatic N) is 1. The number of hydrogen-bond acceptors (Lipinski definition) is 3. The maximum atomic E-state index is 12.1. The van der Waals surface area contributed by atoms with E-state index in [1.165, 1.54) is 11.8 Å². The number of carbonyl (C=O) groups excluding carboxylic acids is 1. The number of nitrogens with one attached hydrogen (secondary N) is 1. The second-order valence-corrected chi connectivity index (χ2v) is 6.11. The molecule has 5 heteroatoms. The van der Waals surface area contributed by atoms with E-state index < -0.39 is 0 Å². The minimum absolute atomic E-state index is 0.0573. The lowest BCUT2D eigenvalue weighted by Crippen LogP contribution is -2.14. The Bertz CT molecular complexity index is 800. The van der Waals surface area contributed by atoms with Gasteiger partial charge in [0.05, 0.1) is 15.8 Å². The van der Waals surface area contributed by atoms with Crippen molar-refractivity contribution in [1.82, 2.24) is 4.98 Å². The quantitative estimate of drug-likeness (QED) is 0.711. The molecule has 22 heavy (non-hydrogen) atoms. The van der Waals surface area contributed by atoms with Crippen molar-refractivity contribution >= 4 is 45.7 Å². The highest BCUT2D eigenvalue weighted by atomic mass is 35.5. The van der Waals surface area contributed by atoms with Gasteiger partial charge in [0.15, 0.2) is 0 Å². The fourth-order valence-corrected chi connectivity index (χ4v) is 2.86. The first-order chi connectivity index (χ1) is 10.7. The average molecular weight is 329 g/mol. The van der Waals surface area contributed by atoms with Crippen molar-refractivity contribution in [3.63, 3.8) is 0 Å². The first kappa shape index (κ1) is 14.9. The predicted molar refractivity (Wildman–Crippen MR) is 92.5 cm³/mol. The number of thioether (sulfide) groups is 1. The highest BCUT2D eigenvalue weighted by Gasteiger charge is 2.07. The van der Waals surface area contributed by atoms with E-state index in [-0.39, 0.29) is 5.91 Å². The van der Waals surface area contributed by atoms with Crippen molar-refractivity contribution in [2.45, 2.75) is 5.03 Å². The lowest BCUT2D eigenvalue weighted by molar-refractivity contribution is -0.113. The van der Waals surface area contributed by atoms with Crippen LogP contribution in [0.5, 0.6) is 0 Å². The van der Waals surface area contributed by atoms with Crippen molar-refractivity contribution in [3.8, 4) is 0 Å². The molecule has 0 unspecified atom stereocenters. The summed E-state index contributed by atoms with van der Waals surface area (Å²) >= 11 is 7.17. The van der Waals surface area contributed by atoms with Crippen molar-refractivity contribution in [3.05, 3.63) is 65.8 Å². The second-order valence-electron chi connectivity index (χ2n) is 4.68. The van der Waals surface area contributed by atoms with Crippen LogP contribution in [0.15, 0.2) is 65.8 Å². The molecule has 110 valence electrons. The van der Waals surface area contributed by atoms with Crippen LogP contribution in [0, 0.1) is 0 Å². The number of anilines is 1. The first-order valence-corrected chi connectivity index (χ1v) is 8.11. The van der Waals surface area contributed by atoms with E-state index in [0.29, 0.717) is 10.8 Å². The highest BCUT2D eigenvalue weighted by Crippen LogP contribution is 2.23. The zero-order valence-corrected chi connectivity index (χ0v) is 13.2. The van der Waals surface area contributed by atoms with Gasteiger partial charge in [0.1, 0.15) is 0 Å². The Morgan fingerprint density at radius 1 is 1.09 bits per heavy atom. The molecular weight excluding hydrogens is 316 g/mol. The summed E-state index contributed by atoms with van der Waals surface area (Å²) in [5.74, 6) is 0.246. The van der Waals surface area contributed by atoms with Crippen LogP contribution in [0.2, 0.25) is 5.02 Å². The monoisotopic (exact) mass is 328 g/mol. The maximum Gasteiger partial charge on any atom is 0.234 e. The van der Waals surface area contributed by atoms with Crippen LogP contribution in [0.1, 0.15) is 0 Å². The third kappa shape index (κ3) is 3.59. The highest BCUT2D eigenvalue weighted by molar-refractivity contribution is 7.99. The Hall–Kier alpha value is -2.04. The van der Waals surface area contributed by atoms with Crippen LogP contribution in [0.3, 0.4) is 0 Å². The zero-order valence-electron chi connectivity index (χ0n) is 11.6. The standard InChI is InChI=1S/C17H13ClN2OS/c18-13-8-9-17(19-10-13)22-11-16(21)20-15-7-3-5-12-4-1-2-6-14(12)15/h1-10H,11H2,(H,20,21). The van der Waals surface area contributed by atoms with Gasteiger partial charge >= 0.3 is 0 Å². The van der Waals surface area contributed by atoms with Crippen LogP contribution in [-0.2, 0) is 4.79 Å². The fourth-order valence-electron chi connectivity index (χ4n) is 2.11. The van der Waals surface area contributed by atoms with Crippen LogP contribution in [-0.4, -0.2) is 16.6 Å². The van der Waals surface area contributed by atoms with Crippen LogP contribution in [0.25, 0.3) is 10.8 Å². The Morgan fingerprint density at radius 3 is 2.73 bits per heavy atom. The molecular formula is C17H13ClN2OS. The molecule has 0 radical (unpaired) electrons. The van der Waals surface area contributed by atoms with E-state index in [0.717, 1.165) is 21.5 Å². The summed E-state index contributed by atoms with van der Waals surface area (Å²) in [6.07, 6.45) is 1.58. The smallest absolute Gasteiger partial charge is 0.234 e. The molecule has 0 atom stereocenters. The second kappa shape index (κ2) is 6.81. The number of amides is 1. The Balaban J connectivity index is 1.67. The van der Waals surface area contributed by atoms with Gasteiger partial charge < -0.3 is 5.32 Å². The van der Waals surface area contributed by atoms with Crippen LogP contribution < -0.4 is 5.32 Å². The molecule has 1 N–H and O–H groups in total. The molecule has 3 rings (SSSR count). The SMILES string of the molecule is O=C(CSc1ccc(Cl)cn1)Nc1cccc2ccccc12. The lowest BCUT2D eigenvalue weighted by Gasteiger charge is -2.08. The molecule has 0 aliphatic heterocycles. The van der Waals surface area contributed by atoms with Gasteiger partial charge in [0, 0.05) is 17.3 Å². The molecule has 0 spiro atoms. The average Bonchev–Trinajstić information content (AvgIpc) is 2.55. The Labute approximate surface area is 137 Å². The third-order valence-corrected chi connectivity index (χ3v) is 4.28. The number of aromatic nitrogens is 1. The van der Waals surface area contributed by atoms with Gasteiger partial charge in [-0.1, -0.05) is 59.8 Å². The molecule has 1 aromatic heterocycles. The summed E-state index contributed by atoms with van der Waals surface area (Å²) in [5, 5.41) is 6.46. The lowest BCUT2D eigenvalue weighted by atomic mass is 10.1. The fraction of sp³-hybridized carbons (Fsp3) is 0.0588. The molecule has 0 saturated carbocycles. The molecule has 1 amide bonds. The van der Waals surface area contributed by atoms with Gasteiger partial charge in [-0.25, -0.2) is 4.98 Å². The largest absolute Gasteiger partial charge is 0.325 e. The molecule has 2 aromatic carbocycles. The van der Waals surface area contributed by atoms with E-state index in [1.807, 2.05) is 42.5 Å². The normalized spacial score (nSPS) is 10.6. The van der Waals surface area contributed by atoms with E-state index in [4.69, 9.17) is 11.6 Å². The van der Waals surface area contributed by atoms with Crippen molar-refractivity contribution in [1.29, 1.82) is 0 Å². The molecule has 0 bridgehead atoms. The third-order valence-electron chi connectivity index (χ3n) is 3.12. The van der Waals surface area contributed by atoms with E-state index in [1.54, 1.807) is 18.3 Å². The summed E-state index contributed by atoms with van der Waals surface area (Å²) < 4.78 is 0. The van der Waals surface area contributed by atoms with Gasteiger partial charge in [0.2, 0.25) is 5.91 Å². The predicted octanol–water partition coefficient (Wildman–Crippen LogP) is 4.62. The molecule has 3 aromatic rings. The number of rotatable bonds is 4. The molecule has 0 fully saturated rings. The van der Waals surface area contributed by atoms with E-state index in [9.17, 15) is 4.79 Å². The van der Waals surface area contributed by atoms with Gasteiger partial charge in [-0.05, 0) is 23.6 Å². The summed E-state index contributed by atoms with van der Waals surface area (Å²) in [7, 11) is 0. The van der Waals surface area contributed by atoms with Crippen LogP contribution in [0.4, 0.5) is 5.69 Å². The number of fused-ring (bicyclic) bond motifs is 1. The molecule has 0 aliphatic carbocycles. The van der Waals surface area contributed by atoms with Crippen molar-refractivity contribution in [2.75, 3.05) is 11.1 Å². The molecule has 3 nitrogen and oxygen atoms in total. The minimum atomic E-state index is -0.0573. The van der Waals surface area contributed by atoms with E-state index in [2.05, 4.69) is 10.3 Å². The van der Waals surface area contributed by atoms with Gasteiger partial charge in [-0.15, -0.1) is 0 Å². The number of carbonyl (C=O) groups is 1.